The van der Waals surface area contributed by atoms with Gasteiger partial charge in [-0.15, -0.1) is 0 Å². The first kappa shape index (κ1) is 15.4. The van der Waals surface area contributed by atoms with Crippen molar-refractivity contribution >= 4 is 11.6 Å². The van der Waals surface area contributed by atoms with Crippen LogP contribution in [0.3, 0.4) is 0 Å². The maximum Gasteiger partial charge on any atom is 0.304 e. The van der Waals surface area contributed by atoms with Crippen LogP contribution in [0.25, 0.3) is 0 Å². The van der Waals surface area contributed by atoms with E-state index in [1.54, 1.807) is 6.07 Å². The average molecular weight is 295 g/mol. The molecule has 1 aliphatic heterocycles. The summed E-state index contributed by atoms with van der Waals surface area (Å²) in [5.41, 5.74) is 5.40. The average Bonchev–Trinajstić information content (AvgIpc) is 2.40. The number of rotatable bonds is 5. The first-order valence-corrected chi connectivity index (χ1v) is 6.89. The van der Waals surface area contributed by atoms with E-state index in [2.05, 4.69) is 4.90 Å². The number of nitrogens with two attached hydrogens (primary N) is 1. The number of likely N-dealkylation sites (tertiary alicyclic amines) is 1. The summed E-state index contributed by atoms with van der Waals surface area (Å²) < 4.78 is 13.5. The van der Waals surface area contributed by atoms with Crippen molar-refractivity contribution in [1.29, 1.82) is 0 Å². The van der Waals surface area contributed by atoms with Gasteiger partial charge in [-0.05, 0) is 43.5 Å². The normalized spacial score (nSPS) is 16.8. The number of benzene rings is 1. The van der Waals surface area contributed by atoms with Gasteiger partial charge in [0, 0.05) is 19.0 Å². The lowest BCUT2D eigenvalue weighted by Gasteiger charge is -2.31. The lowest BCUT2D eigenvalue weighted by Crippen LogP contribution is -2.34. The zero-order valence-electron chi connectivity index (χ0n) is 11.6. The van der Waals surface area contributed by atoms with Gasteiger partial charge in [-0.25, -0.2) is 0 Å². The van der Waals surface area contributed by atoms with Crippen molar-refractivity contribution < 1.29 is 14.1 Å². The Hall–Kier alpha value is -2.02. The van der Waals surface area contributed by atoms with Crippen molar-refractivity contribution in [2.75, 3.05) is 13.1 Å². The van der Waals surface area contributed by atoms with Gasteiger partial charge in [0.25, 0.3) is 0 Å². The van der Waals surface area contributed by atoms with E-state index in [9.17, 15) is 19.3 Å². The molecule has 6 nitrogen and oxygen atoms in total. The molecular weight excluding hydrogens is 277 g/mol. The molecule has 0 saturated carbocycles. The summed E-state index contributed by atoms with van der Waals surface area (Å²) in [6, 6.07) is 3.99. The molecule has 2 rings (SSSR count). The molecule has 0 aromatic heterocycles. The van der Waals surface area contributed by atoms with E-state index in [1.165, 1.54) is 12.1 Å². The Bertz CT molecular complexity index is 542. The molecule has 114 valence electrons. The summed E-state index contributed by atoms with van der Waals surface area (Å²) in [6.45, 7) is 2.19. The summed E-state index contributed by atoms with van der Waals surface area (Å²) in [6.07, 6.45) is 2.19. The van der Waals surface area contributed by atoms with Crippen molar-refractivity contribution in [2.24, 2.45) is 11.7 Å². The smallest absolute Gasteiger partial charge is 0.304 e. The number of carbonyl (C=O) groups is 1. The van der Waals surface area contributed by atoms with Gasteiger partial charge in [-0.3, -0.25) is 19.8 Å². The van der Waals surface area contributed by atoms with E-state index in [0.717, 1.165) is 25.9 Å². The van der Waals surface area contributed by atoms with Gasteiger partial charge in [-0.2, -0.15) is 4.39 Å². The van der Waals surface area contributed by atoms with Crippen molar-refractivity contribution in [3.63, 3.8) is 0 Å². The molecule has 0 unspecified atom stereocenters. The number of nitrogens with zero attached hydrogens (tertiary/aromatic N) is 2. The van der Waals surface area contributed by atoms with Crippen molar-refractivity contribution in [2.45, 2.75) is 25.8 Å². The Kier molecular flexibility index (Phi) is 4.85. The molecule has 1 aromatic rings. The highest BCUT2D eigenvalue weighted by Gasteiger charge is 2.21. The Morgan fingerprint density at radius 2 is 2.10 bits per heavy atom. The van der Waals surface area contributed by atoms with E-state index in [-0.39, 0.29) is 5.91 Å². The molecule has 2 N–H and O–H groups in total. The van der Waals surface area contributed by atoms with Gasteiger partial charge in [-0.1, -0.05) is 6.07 Å². The second-order valence-electron chi connectivity index (χ2n) is 5.43. The highest BCUT2D eigenvalue weighted by atomic mass is 19.1. The van der Waals surface area contributed by atoms with E-state index >= 15 is 0 Å². The lowest BCUT2D eigenvalue weighted by molar-refractivity contribution is -0.387. The third-order valence-corrected chi connectivity index (χ3v) is 3.81. The third-order valence-electron chi connectivity index (χ3n) is 3.81. The summed E-state index contributed by atoms with van der Waals surface area (Å²) >= 11 is 0. The fraction of sp³-hybridized carbons (Fsp3) is 0.500. The first-order chi connectivity index (χ1) is 9.95. The predicted octanol–water partition coefficient (Wildman–Crippen LogP) is 1.82. The monoisotopic (exact) mass is 295 g/mol. The standard InChI is InChI=1S/C14H18FN3O3/c15-12-7-11(1-2-13(12)18(20)21)9-17-5-3-10(4-6-17)8-14(16)19/h1-2,7,10H,3-6,8-9H2,(H2,16,19). The van der Waals surface area contributed by atoms with Gasteiger partial charge < -0.3 is 5.73 Å². The minimum atomic E-state index is -0.805. The van der Waals surface area contributed by atoms with E-state index in [4.69, 9.17) is 5.73 Å². The number of nitro benzene ring substituents is 1. The van der Waals surface area contributed by atoms with E-state index in [0.29, 0.717) is 24.4 Å². The Morgan fingerprint density at radius 3 is 2.62 bits per heavy atom. The maximum atomic E-state index is 13.5. The summed E-state index contributed by atoms with van der Waals surface area (Å²) in [5, 5.41) is 10.6. The number of nitro groups is 1. The molecule has 0 bridgehead atoms. The highest BCUT2D eigenvalue weighted by Crippen LogP contribution is 2.23. The van der Waals surface area contributed by atoms with Crippen LogP contribution in [0.5, 0.6) is 0 Å². The van der Waals surface area contributed by atoms with Gasteiger partial charge in [0.15, 0.2) is 0 Å². The molecule has 1 heterocycles. The van der Waals surface area contributed by atoms with Crippen LogP contribution in [0.15, 0.2) is 18.2 Å². The zero-order chi connectivity index (χ0) is 15.4. The lowest BCUT2D eigenvalue weighted by atomic mass is 9.93. The molecular formula is C14H18FN3O3. The third kappa shape index (κ3) is 4.22. The van der Waals surface area contributed by atoms with Gasteiger partial charge in [0.1, 0.15) is 0 Å². The molecule has 0 aliphatic carbocycles. The molecule has 1 saturated heterocycles. The molecule has 1 fully saturated rings. The number of hydrogen-bond donors (Lipinski definition) is 1. The van der Waals surface area contributed by atoms with Crippen LogP contribution >= 0.6 is 0 Å². The summed E-state index contributed by atoms with van der Waals surface area (Å²) in [5.74, 6) is -0.751. The van der Waals surface area contributed by atoms with Crippen molar-refractivity contribution in [3.05, 3.63) is 39.7 Å². The number of piperidine rings is 1. The molecule has 21 heavy (non-hydrogen) atoms. The largest absolute Gasteiger partial charge is 0.370 e. The van der Waals surface area contributed by atoms with E-state index < -0.39 is 16.4 Å². The second kappa shape index (κ2) is 6.62. The van der Waals surface area contributed by atoms with Crippen LogP contribution in [0.2, 0.25) is 0 Å². The molecule has 0 atom stereocenters. The first-order valence-electron chi connectivity index (χ1n) is 6.89. The molecule has 1 aromatic carbocycles. The minimum Gasteiger partial charge on any atom is -0.370 e. The Balaban J connectivity index is 1.90. The molecule has 0 spiro atoms. The van der Waals surface area contributed by atoms with Crippen LogP contribution in [-0.2, 0) is 11.3 Å². The van der Waals surface area contributed by atoms with Crippen molar-refractivity contribution in [3.8, 4) is 0 Å². The van der Waals surface area contributed by atoms with Crippen LogP contribution in [0.4, 0.5) is 10.1 Å². The fourth-order valence-electron chi connectivity index (χ4n) is 2.69. The topological polar surface area (TPSA) is 89.5 Å². The van der Waals surface area contributed by atoms with Gasteiger partial charge >= 0.3 is 5.69 Å². The SMILES string of the molecule is NC(=O)CC1CCN(Cc2ccc([N+](=O)[O-])c(F)c2)CC1. The van der Waals surface area contributed by atoms with Crippen LogP contribution in [0, 0.1) is 21.8 Å². The van der Waals surface area contributed by atoms with Crippen LogP contribution < -0.4 is 5.73 Å². The Morgan fingerprint density at radius 1 is 1.43 bits per heavy atom. The minimum absolute atomic E-state index is 0.272. The number of primary amides is 1. The highest BCUT2D eigenvalue weighted by molar-refractivity contribution is 5.73. The maximum absolute atomic E-state index is 13.5. The predicted molar refractivity (Wildman–Crippen MR) is 74.9 cm³/mol. The molecule has 1 aliphatic rings. The number of amides is 1. The van der Waals surface area contributed by atoms with E-state index in [1.807, 2.05) is 0 Å². The quantitative estimate of drug-likeness (QED) is 0.662. The summed E-state index contributed by atoms with van der Waals surface area (Å²) in [4.78, 5) is 22.9. The van der Waals surface area contributed by atoms with Crippen LogP contribution in [0.1, 0.15) is 24.8 Å². The van der Waals surface area contributed by atoms with Crippen molar-refractivity contribution in [1.82, 2.24) is 4.90 Å². The Labute approximate surface area is 121 Å². The van der Waals surface area contributed by atoms with Gasteiger partial charge in [0.05, 0.1) is 4.92 Å². The van der Waals surface area contributed by atoms with Gasteiger partial charge in [0.2, 0.25) is 11.7 Å². The number of hydrogen-bond acceptors (Lipinski definition) is 4. The number of carbonyl (C=O) groups excluding carboxylic acids is 1. The summed E-state index contributed by atoms with van der Waals surface area (Å²) in [7, 11) is 0. The molecule has 1 amide bonds. The number of halogens is 1. The molecule has 7 heteroatoms. The second-order valence-corrected chi connectivity index (χ2v) is 5.43. The zero-order valence-corrected chi connectivity index (χ0v) is 11.6. The van der Waals surface area contributed by atoms with Crippen LogP contribution in [-0.4, -0.2) is 28.8 Å². The fourth-order valence-corrected chi connectivity index (χ4v) is 2.69. The molecule has 0 radical (unpaired) electrons.